The van der Waals surface area contributed by atoms with E-state index in [1.54, 1.807) is 12.1 Å². The van der Waals surface area contributed by atoms with Crippen LogP contribution in [0.1, 0.15) is 19.3 Å². The molecule has 17 heavy (non-hydrogen) atoms. The van der Waals surface area contributed by atoms with Gasteiger partial charge in [0.1, 0.15) is 11.7 Å². The lowest BCUT2D eigenvalue weighted by Gasteiger charge is -2.15. The predicted molar refractivity (Wildman–Crippen MR) is 64.6 cm³/mol. The normalized spacial score (nSPS) is 17.8. The Bertz CT molecular complexity index is 412. The van der Waals surface area contributed by atoms with Crippen LogP contribution >= 0.6 is 0 Å². The summed E-state index contributed by atoms with van der Waals surface area (Å²) in [5.74, 6) is 0.0248. The van der Waals surface area contributed by atoms with Gasteiger partial charge >= 0.3 is 0 Å². The van der Waals surface area contributed by atoms with E-state index >= 15 is 0 Å². The molecule has 1 fully saturated rings. The van der Waals surface area contributed by atoms with E-state index in [9.17, 15) is 4.39 Å². The highest BCUT2D eigenvalue weighted by molar-refractivity contribution is 5.80. The van der Waals surface area contributed by atoms with Gasteiger partial charge in [-0.05, 0) is 42.5 Å². The summed E-state index contributed by atoms with van der Waals surface area (Å²) in [6.45, 7) is 0.759. The molecule has 0 bridgehead atoms. The number of hydrogen-bond donors (Lipinski definition) is 3. The van der Waals surface area contributed by atoms with Gasteiger partial charge in [-0.3, -0.25) is 0 Å². The van der Waals surface area contributed by atoms with Gasteiger partial charge in [0.05, 0.1) is 0 Å². The van der Waals surface area contributed by atoms with Gasteiger partial charge in [0.2, 0.25) is 0 Å². The van der Waals surface area contributed by atoms with Crippen molar-refractivity contribution >= 4 is 11.5 Å². The lowest BCUT2D eigenvalue weighted by molar-refractivity contribution is 0.315. The van der Waals surface area contributed by atoms with Crippen molar-refractivity contribution in [2.45, 2.75) is 19.3 Å². The van der Waals surface area contributed by atoms with Crippen LogP contribution in [0.5, 0.6) is 0 Å². The third kappa shape index (κ3) is 3.09. The Morgan fingerprint density at radius 1 is 1.41 bits per heavy atom. The van der Waals surface area contributed by atoms with E-state index in [-0.39, 0.29) is 17.1 Å². The fourth-order valence-electron chi connectivity index (χ4n) is 1.87. The minimum absolute atomic E-state index is 0.102. The number of rotatable bonds is 5. The topological polar surface area (TPSA) is 70.6 Å². The second-order valence-electron chi connectivity index (χ2n) is 4.63. The monoisotopic (exact) mass is 237 g/mol. The van der Waals surface area contributed by atoms with E-state index in [0.29, 0.717) is 6.42 Å². The Hall–Kier alpha value is -1.78. The van der Waals surface area contributed by atoms with Gasteiger partial charge < -0.3 is 16.3 Å². The van der Waals surface area contributed by atoms with Crippen LogP contribution in [0.2, 0.25) is 0 Å². The lowest BCUT2D eigenvalue weighted by atomic mass is 10.0. The van der Waals surface area contributed by atoms with Gasteiger partial charge in [0.15, 0.2) is 0 Å². The molecule has 1 aromatic carbocycles. The number of anilines is 1. The smallest absolute Gasteiger partial charge is 0.139 e. The molecule has 0 atom stereocenters. The molecule has 0 unspecified atom stereocenters. The van der Waals surface area contributed by atoms with Crippen LogP contribution in [0.3, 0.4) is 0 Å². The maximum atomic E-state index is 12.7. The zero-order chi connectivity index (χ0) is 12.3. The number of oxime groups is 1. The first-order valence-electron chi connectivity index (χ1n) is 5.59. The largest absolute Gasteiger partial charge is 0.409 e. The molecule has 2 rings (SSSR count). The molecule has 1 saturated carbocycles. The van der Waals surface area contributed by atoms with E-state index in [1.165, 1.54) is 12.1 Å². The average Bonchev–Trinajstić information content (AvgIpc) is 3.09. The maximum absolute atomic E-state index is 12.7. The molecular formula is C12H16FN3O. The van der Waals surface area contributed by atoms with Crippen molar-refractivity contribution in [2.75, 3.05) is 11.9 Å². The van der Waals surface area contributed by atoms with Gasteiger partial charge in [-0.1, -0.05) is 5.16 Å². The first kappa shape index (κ1) is 11.7. The Morgan fingerprint density at radius 3 is 2.59 bits per heavy atom. The summed E-state index contributed by atoms with van der Waals surface area (Å²) in [5, 5.41) is 14.8. The molecule has 5 heteroatoms. The number of hydrogen-bond acceptors (Lipinski definition) is 3. The van der Waals surface area contributed by atoms with Crippen molar-refractivity contribution in [1.82, 2.24) is 0 Å². The van der Waals surface area contributed by atoms with E-state index in [4.69, 9.17) is 10.9 Å². The molecule has 0 aromatic heterocycles. The quantitative estimate of drug-likeness (QED) is 0.318. The molecule has 4 nitrogen and oxygen atoms in total. The molecule has 0 aliphatic heterocycles. The second-order valence-corrected chi connectivity index (χ2v) is 4.63. The summed E-state index contributed by atoms with van der Waals surface area (Å²) in [4.78, 5) is 0. The molecule has 0 saturated heterocycles. The third-order valence-corrected chi connectivity index (χ3v) is 3.15. The van der Waals surface area contributed by atoms with Crippen LogP contribution in [0.25, 0.3) is 0 Å². The SMILES string of the molecule is NC(CC1(CNc2ccc(F)cc2)CC1)=NO. The maximum Gasteiger partial charge on any atom is 0.139 e. The number of benzene rings is 1. The standard InChI is InChI=1S/C12H16FN3O/c13-9-1-3-10(4-2-9)15-8-12(5-6-12)7-11(14)16-17/h1-4,15,17H,5-8H2,(H2,14,16). The molecule has 0 amide bonds. The minimum Gasteiger partial charge on any atom is -0.409 e. The summed E-state index contributed by atoms with van der Waals surface area (Å²) in [6.07, 6.45) is 2.73. The van der Waals surface area contributed by atoms with Gasteiger partial charge in [0, 0.05) is 18.7 Å². The first-order chi connectivity index (χ1) is 8.13. The van der Waals surface area contributed by atoms with E-state index < -0.39 is 0 Å². The van der Waals surface area contributed by atoms with E-state index in [0.717, 1.165) is 25.1 Å². The van der Waals surface area contributed by atoms with Crippen molar-refractivity contribution < 1.29 is 9.60 Å². The van der Waals surface area contributed by atoms with Gasteiger partial charge in [-0.15, -0.1) is 0 Å². The predicted octanol–water partition coefficient (Wildman–Crippen LogP) is 2.15. The Labute approximate surface area is 99.3 Å². The van der Waals surface area contributed by atoms with Gasteiger partial charge in [0.25, 0.3) is 0 Å². The van der Waals surface area contributed by atoms with Crippen molar-refractivity contribution in [3.05, 3.63) is 30.1 Å². The number of nitrogens with one attached hydrogen (secondary N) is 1. The zero-order valence-corrected chi connectivity index (χ0v) is 9.49. The molecule has 0 spiro atoms. The highest BCUT2D eigenvalue weighted by Crippen LogP contribution is 2.48. The van der Waals surface area contributed by atoms with Crippen LogP contribution < -0.4 is 11.1 Å². The molecule has 0 radical (unpaired) electrons. The molecule has 0 heterocycles. The van der Waals surface area contributed by atoms with Crippen molar-refractivity contribution in [3.8, 4) is 0 Å². The van der Waals surface area contributed by atoms with E-state index in [1.807, 2.05) is 0 Å². The summed E-state index contributed by atoms with van der Waals surface area (Å²) >= 11 is 0. The van der Waals surface area contributed by atoms with Crippen LogP contribution in [-0.4, -0.2) is 17.6 Å². The molecule has 1 aliphatic rings. The summed E-state index contributed by atoms with van der Waals surface area (Å²) in [7, 11) is 0. The fourth-order valence-corrected chi connectivity index (χ4v) is 1.87. The van der Waals surface area contributed by atoms with Gasteiger partial charge in [-0.25, -0.2) is 4.39 Å². The first-order valence-corrected chi connectivity index (χ1v) is 5.59. The Balaban J connectivity index is 1.88. The molecule has 1 aromatic rings. The Morgan fingerprint density at radius 2 is 2.06 bits per heavy atom. The molecular weight excluding hydrogens is 221 g/mol. The number of amidine groups is 1. The second kappa shape index (κ2) is 4.61. The molecule has 1 aliphatic carbocycles. The van der Waals surface area contributed by atoms with Crippen LogP contribution in [0, 0.1) is 11.2 Å². The van der Waals surface area contributed by atoms with Crippen LogP contribution in [0.15, 0.2) is 29.4 Å². The third-order valence-electron chi connectivity index (χ3n) is 3.15. The highest BCUT2D eigenvalue weighted by Gasteiger charge is 2.43. The highest BCUT2D eigenvalue weighted by atomic mass is 19.1. The van der Waals surface area contributed by atoms with Crippen LogP contribution in [-0.2, 0) is 0 Å². The number of nitrogens with two attached hydrogens (primary N) is 1. The molecule has 92 valence electrons. The van der Waals surface area contributed by atoms with Crippen molar-refractivity contribution in [2.24, 2.45) is 16.3 Å². The van der Waals surface area contributed by atoms with Crippen LogP contribution in [0.4, 0.5) is 10.1 Å². The summed E-state index contributed by atoms with van der Waals surface area (Å²) in [5.41, 5.74) is 6.50. The molecule has 4 N–H and O–H groups in total. The average molecular weight is 237 g/mol. The zero-order valence-electron chi connectivity index (χ0n) is 9.49. The lowest BCUT2D eigenvalue weighted by Crippen LogP contribution is -2.23. The summed E-state index contributed by atoms with van der Waals surface area (Å²) < 4.78 is 12.7. The number of halogens is 1. The minimum atomic E-state index is -0.242. The number of nitrogens with zero attached hydrogens (tertiary/aromatic N) is 1. The van der Waals surface area contributed by atoms with Gasteiger partial charge in [-0.2, -0.15) is 0 Å². The van der Waals surface area contributed by atoms with E-state index in [2.05, 4.69) is 10.5 Å². The summed E-state index contributed by atoms with van der Waals surface area (Å²) in [6, 6.07) is 6.25. The van der Waals surface area contributed by atoms with Crippen molar-refractivity contribution in [1.29, 1.82) is 0 Å². The van der Waals surface area contributed by atoms with Crippen molar-refractivity contribution in [3.63, 3.8) is 0 Å². The Kier molecular flexibility index (Phi) is 3.17. The fraction of sp³-hybridized carbons (Fsp3) is 0.417.